The van der Waals surface area contributed by atoms with E-state index in [4.69, 9.17) is 4.57 Å². The second-order valence-electron chi connectivity index (χ2n) is 6.35. The minimum Gasteiger partial charge on any atom is -0.443 e. The van der Waals surface area contributed by atoms with Gasteiger partial charge in [0.05, 0.1) is 13.2 Å². The topological polar surface area (TPSA) is 148 Å². The number of amides is 2. The summed E-state index contributed by atoms with van der Waals surface area (Å²) in [5.74, 6) is -0.629. The SMILES string of the molecule is CC(=O)Nc1ccc(CO)c(B(O)OB(O)c2cc(NC(C)=O)ccc2CO)c1. The van der Waals surface area contributed by atoms with Crippen molar-refractivity contribution in [2.45, 2.75) is 27.1 Å². The van der Waals surface area contributed by atoms with Crippen LogP contribution in [0.2, 0.25) is 0 Å². The standard InChI is InChI=1S/C18H22B2N2O7/c1-11(25)21-15-5-3-13(9-23)17(7-15)19(27)29-20(28)18-8-16(22-12(2)26)6-4-14(18)10-24/h3-8,23-24,27-28H,9-10H2,1-2H3,(H,21,25)(H,22,26). The molecule has 0 fully saturated rings. The normalized spacial score (nSPS) is 10.4. The van der Waals surface area contributed by atoms with Crippen molar-refractivity contribution in [1.82, 2.24) is 0 Å². The van der Waals surface area contributed by atoms with Gasteiger partial charge in [-0.3, -0.25) is 9.59 Å². The van der Waals surface area contributed by atoms with Gasteiger partial charge in [-0.1, -0.05) is 12.1 Å². The molecule has 9 nitrogen and oxygen atoms in total. The molecule has 0 bridgehead atoms. The number of carbonyl (C=O) groups is 2. The second-order valence-corrected chi connectivity index (χ2v) is 6.35. The van der Waals surface area contributed by atoms with Gasteiger partial charge in [0, 0.05) is 25.2 Å². The lowest BCUT2D eigenvalue weighted by molar-refractivity contribution is -0.115. The van der Waals surface area contributed by atoms with Gasteiger partial charge in [0.1, 0.15) is 0 Å². The first-order valence-electron chi connectivity index (χ1n) is 8.79. The lowest BCUT2D eigenvalue weighted by Crippen LogP contribution is -2.47. The maximum atomic E-state index is 11.2. The van der Waals surface area contributed by atoms with E-state index >= 15 is 0 Å². The maximum absolute atomic E-state index is 11.2. The number of hydrogen-bond acceptors (Lipinski definition) is 7. The minimum atomic E-state index is -1.64. The molecule has 0 aliphatic heterocycles. The van der Waals surface area contributed by atoms with Crippen LogP contribution < -0.4 is 21.6 Å². The zero-order valence-electron chi connectivity index (χ0n) is 16.0. The Morgan fingerprint density at radius 1 is 0.828 bits per heavy atom. The van der Waals surface area contributed by atoms with E-state index in [1.807, 2.05) is 0 Å². The number of nitrogens with one attached hydrogen (secondary N) is 2. The molecule has 0 spiro atoms. The molecule has 0 radical (unpaired) electrons. The number of carbonyl (C=O) groups excluding carboxylic acids is 2. The number of anilines is 2. The van der Waals surface area contributed by atoms with Crippen molar-refractivity contribution in [1.29, 1.82) is 0 Å². The van der Waals surface area contributed by atoms with E-state index in [2.05, 4.69) is 10.6 Å². The fourth-order valence-corrected chi connectivity index (χ4v) is 2.77. The van der Waals surface area contributed by atoms with Crippen molar-refractivity contribution in [2.24, 2.45) is 0 Å². The van der Waals surface area contributed by atoms with Crippen LogP contribution in [0.4, 0.5) is 11.4 Å². The van der Waals surface area contributed by atoms with Crippen LogP contribution in [0.3, 0.4) is 0 Å². The number of rotatable bonds is 8. The third kappa shape index (κ3) is 6.14. The van der Waals surface area contributed by atoms with E-state index in [1.165, 1.54) is 38.1 Å². The smallest absolute Gasteiger partial charge is 0.443 e. The van der Waals surface area contributed by atoms with Gasteiger partial charge in [-0.2, -0.15) is 0 Å². The Morgan fingerprint density at radius 2 is 1.21 bits per heavy atom. The van der Waals surface area contributed by atoms with Crippen LogP contribution in [0, 0.1) is 0 Å². The molecule has 2 amide bonds. The number of aliphatic hydroxyl groups excluding tert-OH is 2. The summed E-state index contributed by atoms with van der Waals surface area (Å²) in [5, 5.41) is 45.0. The molecule has 0 aliphatic carbocycles. The third-order valence-corrected chi connectivity index (χ3v) is 4.06. The Balaban J connectivity index is 2.29. The first-order valence-corrected chi connectivity index (χ1v) is 8.79. The summed E-state index contributed by atoms with van der Waals surface area (Å²) in [7, 11) is -3.28. The van der Waals surface area contributed by atoms with Gasteiger partial charge in [-0.25, -0.2) is 0 Å². The maximum Gasteiger partial charge on any atom is 0.478 e. The van der Waals surface area contributed by atoms with Crippen LogP contribution >= 0.6 is 0 Å². The summed E-state index contributed by atoms with van der Waals surface area (Å²) in [6, 6.07) is 8.98. The van der Waals surface area contributed by atoms with Crippen molar-refractivity contribution in [3.8, 4) is 0 Å². The molecule has 2 aromatic carbocycles. The number of benzene rings is 2. The summed E-state index contributed by atoms with van der Waals surface area (Å²) >= 11 is 0. The molecule has 0 unspecified atom stereocenters. The molecule has 152 valence electrons. The molecule has 2 aromatic rings. The Labute approximate surface area is 168 Å². The molecule has 0 saturated heterocycles. The Hall–Kier alpha value is -2.69. The summed E-state index contributed by atoms with van der Waals surface area (Å²) in [6.07, 6.45) is 0. The predicted molar refractivity (Wildman–Crippen MR) is 110 cm³/mol. The zero-order chi connectivity index (χ0) is 21.6. The highest BCUT2D eigenvalue weighted by Gasteiger charge is 2.29. The first-order chi connectivity index (χ1) is 13.7. The van der Waals surface area contributed by atoms with Crippen molar-refractivity contribution >= 4 is 48.4 Å². The van der Waals surface area contributed by atoms with E-state index in [0.717, 1.165) is 0 Å². The third-order valence-electron chi connectivity index (χ3n) is 4.06. The molecule has 29 heavy (non-hydrogen) atoms. The van der Waals surface area contributed by atoms with Gasteiger partial charge in [-0.15, -0.1) is 0 Å². The highest BCUT2D eigenvalue weighted by molar-refractivity contribution is 6.73. The van der Waals surface area contributed by atoms with E-state index in [0.29, 0.717) is 22.5 Å². The zero-order valence-corrected chi connectivity index (χ0v) is 16.0. The highest BCUT2D eigenvalue weighted by Crippen LogP contribution is 2.12. The first kappa shape index (κ1) is 22.6. The summed E-state index contributed by atoms with van der Waals surface area (Å²) in [6.45, 7) is 1.86. The predicted octanol–water partition coefficient (Wildman–Crippen LogP) is -1.32. The molecule has 0 heterocycles. The van der Waals surface area contributed by atoms with Crippen molar-refractivity contribution in [3.63, 3.8) is 0 Å². The lowest BCUT2D eigenvalue weighted by Gasteiger charge is -2.18. The van der Waals surface area contributed by atoms with Crippen molar-refractivity contribution in [3.05, 3.63) is 47.5 Å². The molecule has 0 saturated carbocycles. The van der Waals surface area contributed by atoms with Gasteiger partial charge in [-0.05, 0) is 46.3 Å². The fraction of sp³-hybridized carbons (Fsp3) is 0.222. The summed E-state index contributed by atoms with van der Waals surface area (Å²) in [4.78, 5) is 22.5. The summed E-state index contributed by atoms with van der Waals surface area (Å²) < 4.78 is 5.29. The largest absolute Gasteiger partial charge is 0.478 e. The van der Waals surface area contributed by atoms with Crippen LogP contribution in [0.5, 0.6) is 0 Å². The van der Waals surface area contributed by atoms with Crippen LogP contribution in [0.1, 0.15) is 25.0 Å². The van der Waals surface area contributed by atoms with E-state index < -0.39 is 27.5 Å². The van der Waals surface area contributed by atoms with E-state index in [9.17, 15) is 29.9 Å². The molecule has 0 atom stereocenters. The highest BCUT2D eigenvalue weighted by atomic mass is 16.5. The molecular weight excluding hydrogens is 378 g/mol. The number of hydrogen-bond donors (Lipinski definition) is 6. The van der Waals surface area contributed by atoms with Crippen LogP contribution in [-0.2, 0) is 27.4 Å². The Morgan fingerprint density at radius 3 is 1.52 bits per heavy atom. The van der Waals surface area contributed by atoms with Crippen LogP contribution in [0.15, 0.2) is 36.4 Å². The molecule has 6 N–H and O–H groups in total. The van der Waals surface area contributed by atoms with Gasteiger partial charge in [0.15, 0.2) is 0 Å². The molecule has 0 aromatic heterocycles. The minimum absolute atomic E-state index is 0.154. The monoisotopic (exact) mass is 400 g/mol. The van der Waals surface area contributed by atoms with Gasteiger partial charge in [0.25, 0.3) is 0 Å². The fourth-order valence-electron chi connectivity index (χ4n) is 2.77. The molecule has 11 heteroatoms. The van der Waals surface area contributed by atoms with Crippen LogP contribution in [0.25, 0.3) is 0 Å². The molecular formula is C18H22B2N2O7. The van der Waals surface area contributed by atoms with Crippen molar-refractivity contribution < 1.29 is 34.4 Å². The molecule has 2 rings (SSSR count). The van der Waals surface area contributed by atoms with Gasteiger partial charge in [0.2, 0.25) is 11.8 Å². The Kier molecular flexibility index (Phi) is 7.94. The molecule has 0 aliphatic rings. The lowest BCUT2D eigenvalue weighted by atomic mass is 9.68. The average molecular weight is 400 g/mol. The average Bonchev–Trinajstić information content (AvgIpc) is 2.66. The quantitative estimate of drug-likeness (QED) is 0.301. The van der Waals surface area contributed by atoms with Gasteiger partial charge < -0.3 is 35.5 Å². The van der Waals surface area contributed by atoms with E-state index in [1.54, 1.807) is 12.1 Å². The second kappa shape index (κ2) is 10.2. The number of aliphatic hydroxyl groups is 2. The Bertz CT molecular complexity index is 823. The van der Waals surface area contributed by atoms with Crippen LogP contribution in [-0.4, -0.2) is 46.3 Å². The van der Waals surface area contributed by atoms with Gasteiger partial charge >= 0.3 is 14.2 Å². The van der Waals surface area contributed by atoms with E-state index in [-0.39, 0.29) is 22.7 Å². The summed E-state index contributed by atoms with van der Waals surface area (Å²) in [5.41, 5.74) is 1.75. The van der Waals surface area contributed by atoms with Crippen molar-refractivity contribution in [2.75, 3.05) is 10.6 Å².